The van der Waals surface area contributed by atoms with Crippen molar-refractivity contribution in [3.05, 3.63) is 30.2 Å². The zero-order chi connectivity index (χ0) is 15.5. The average Bonchev–Trinajstić information content (AvgIpc) is 2.95. The molecule has 0 unspecified atom stereocenters. The summed E-state index contributed by atoms with van der Waals surface area (Å²) in [6, 6.07) is 0.107. The Morgan fingerprint density at radius 2 is 2.09 bits per heavy atom. The normalized spacial score (nSPS) is 15.7. The molecule has 2 aromatic rings. The van der Waals surface area contributed by atoms with Gasteiger partial charge in [-0.3, -0.25) is 4.79 Å². The van der Waals surface area contributed by atoms with E-state index in [9.17, 15) is 9.18 Å². The first-order valence-corrected chi connectivity index (χ1v) is 7.45. The molecule has 0 atom stereocenters. The van der Waals surface area contributed by atoms with Crippen LogP contribution in [0.3, 0.4) is 0 Å². The summed E-state index contributed by atoms with van der Waals surface area (Å²) >= 11 is 0. The summed E-state index contributed by atoms with van der Waals surface area (Å²) in [4.78, 5) is 24.3. The van der Waals surface area contributed by atoms with E-state index in [1.807, 2.05) is 0 Å². The highest BCUT2D eigenvalue weighted by molar-refractivity contribution is 5.93. The molecule has 7 heteroatoms. The molecule has 1 aliphatic rings. The molecule has 116 valence electrons. The Hall–Kier alpha value is -2.31. The van der Waals surface area contributed by atoms with Gasteiger partial charge in [-0.15, -0.1) is 0 Å². The van der Waals surface area contributed by atoms with Crippen LogP contribution in [0, 0.1) is 5.82 Å². The lowest BCUT2D eigenvalue weighted by Crippen LogP contribution is -2.37. The lowest BCUT2D eigenvalue weighted by molar-refractivity contribution is 0.0918. The SMILES string of the molecule is Cn1cncc1-c1ncc(F)c(C(=O)NC2CCCCC2)n1. The zero-order valence-corrected chi connectivity index (χ0v) is 12.4. The van der Waals surface area contributed by atoms with E-state index < -0.39 is 11.7 Å². The molecule has 3 rings (SSSR count). The van der Waals surface area contributed by atoms with Gasteiger partial charge in [-0.25, -0.2) is 19.3 Å². The van der Waals surface area contributed by atoms with E-state index in [1.165, 1.54) is 6.42 Å². The van der Waals surface area contributed by atoms with Crippen molar-refractivity contribution in [1.29, 1.82) is 0 Å². The standard InChI is InChI=1S/C15H18FN5O/c1-21-9-17-8-12(21)14-18-7-11(16)13(20-14)15(22)19-10-5-3-2-4-6-10/h7-10H,2-6H2,1H3,(H,19,22). The first-order chi connectivity index (χ1) is 10.6. The van der Waals surface area contributed by atoms with Gasteiger partial charge in [0.15, 0.2) is 17.3 Å². The fraction of sp³-hybridized carbons (Fsp3) is 0.467. The Bertz CT molecular complexity index is 678. The van der Waals surface area contributed by atoms with Crippen LogP contribution in [0.25, 0.3) is 11.5 Å². The number of halogens is 1. The third-order valence-corrected chi connectivity index (χ3v) is 3.95. The Labute approximate surface area is 127 Å². The van der Waals surface area contributed by atoms with Gasteiger partial charge < -0.3 is 9.88 Å². The second kappa shape index (κ2) is 6.21. The zero-order valence-electron chi connectivity index (χ0n) is 12.4. The van der Waals surface area contributed by atoms with Crippen LogP contribution in [-0.4, -0.2) is 31.5 Å². The quantitative estimate of drug-likeness (QED) is 0.942. The van der Waals surface area contributed by atoms with E-state index in [0.29, 0.717) is 5.69 Å². The molecule has 0 radical (unpaired) electrons. The summed E-state index contributed by atoms with van der Waals surface area (Å²) in [6.07, 6.45) is 9.47. The number of carbonyl (C=O) groups excluding carboxylic acids is 1. The monoisotopic (exact) mass is 303 g/mol. The molecular formula is C15H18FN5O. The molecule has 1 amide bonds. The molecule has 0 spiro atoms. The summed E-state index contributed by atoms with van der Waals surface area (Å²) < 4.78 is 15.6. The number of aryl methyl sites for hydroxylation is 1. The maximum atomic E-state index is 13.9. The number of nitrogens with zero attached hydrogens (tertiary/aromatic N) is 4. The van der Waals surface area contributed by atoms with Crippen LogP contribution in [0.15, 0.2) is 18.7 Å². The summed E-state index contributed by atoms with van der Waals surface area (Å²) in [5.74, 6) is -0.898. The first kappa shape index (κ1) is 14.6. The Morgan fingerprint density at radius 1 is 1.32 bits per heavy atom. The second-order valence-electron chi connectivity index (χ2n) is 5.59. The van der Waals surface area contributed by atoms with Gasteiger partial charge in [-0.2, -0.15) is 0 Å². The molecule has 22 heavy (non-hydrogen) atoms. The van der Waals surface area contributed by atoms with E-state index in [0.717, 1.165) is 31.9 Å². The smallest absolute Gasteiger partial charge is 0.273 e. The Balaban J connectivity index is 1.83. The van der Waals surface area contributed by atoms with E-state index in [1.54, 1.807) is 24.1 Å². The van der Waals surface area contributed by atoms with Crippen LogP contribution in [0.1, 0.15) is 42.6 Å². The molecule has 0 aromatic carbocycles. The van der Waals surface area contributed by atoms with Crippen LogP contribution in [0.2, 0.25) is 0 Å². The van der Waals surface area contributed by atoms with Crippen molar-refractivity contribution in [2.24, 2.45) is 7.05 Å². The maximum absolute atomic E-state index is 13.9. The van der Waals surface area contributed by atoms with Crippen LogP contribution >= 0.6 is 0 Å². The minimum Gasteiger partial charge on any atom is -0.348 e. The van der Waals surface area contributed by atoms with E-state index in [2.05, 4.69) is 20.3 Å². The van der Waals surface area contributed by atoms with Gasteiger partial charge in [0.05, 0.1) is 18.7 Å². The maximum Gasteiger partial charge on any atom is 0.273 e. The molecule has 6 nitrogen and oxygen atoms in total. The van der Waals surface area contributed by atoms with Crippen molar-refractivity contribution in [3.63, 3.8) is 0 Å². The van der Waals surface area contributed by atoms with Gasteiger partial charge in [0.2, 0.25) is 0 Å². The van der Waals surface area contributed by atoms with Gasteiger partial charge in [0.25, 0.3) is 5.91 Å². The van der Waals surface area contributed by atoms with Crippen molar-refractivity contribution >= 4 is 5.91 Å². The van der Waals surface area contributed by atoms with Crippen LogP contribution in [-0.2, 0) is 7.05 Å². The van der Waals surface area contributed by atoms with E-state index in [-0.39, 0.29) is 17.6 Å². The summed E-state index contributed by atoms with van der Waals surface area (Å²) in [7, 11) is 1.79. The van der Waals surface area contributed by atoms with Crippen molar-refractivity contribution in [2.75, 3.05) is 0 Å². The number of imidazole rings is 1. The third-order valence-electron chi connectivity index (χ3n) is 3.95. The van der Waals surface area contributed by atoms with Crippen molar-refractivity contribution in [1.82, 2.24) is 24.8 Å². The van der Waals surface area contributed by atoms with Gasteiger partial charge in [0.1, 0.15) is 5.69 Å². The van der Waals surface area contributed by atoms with Gasteiger partial charge >= 0.3 is 0 Å². The molecule has 0 aliphatic heterocycles. The molecule has 1 N–H and O–H groups in total. The highest BCUT2D eigenvalue weighted by Crippen LogP contribution is 2.19. The van der Waals surface area contributed by atoms with Crippen molar-refractivity contribution < 1.29 is 9.18 Å². The summed E-state index contributed by atoms with van der Waals surface area (Å²) in [5, 5.41) is 2.87. The van der Waals surface area contributed by atoms with Gasteiger partial charge in [-0.1, -0.05) is 19.3 Å². The molecule has 2 aromatic heterocycles. The predicted molar refractivity (Wildman–Crippen MR) is 78.5 cm³/mol. The number of carbonyl (C=O) groups is 1. The van der Waals surface area contributed by atoms with E-state index >= 15 is 0 Å². The number of rotatable bonds is 3. The average molecular weight is 303 g/mol. The molecular weight excluding hydrogens is 285 g/mol. The van der Waals surface area contributed by atoms with Crippen molar-refractivity contribution in [3.8, 4) is 11.5 Å². The molecule has 1 fully saturated rings. The lowest BCUT2D eigenvalue weighted by Gasteiger charge is -2.22. The number of hydrogen-bond donors (Lipinski definition) is 1. The highest BCUT2D eigenvalue weighted by Gasteiger charge is 2.21. The van der Waals surface area contributed by atoms with Crippen molar-refractivity contribution in [2.45, 2.75) is 38.1 Å². The van der Waals surface area contributed by atoms with Crippen LogP contribution < -0.4 is 5.32 Å². The lowest BCUT2D eigenvalue weighted by atomic mass is 9.95. The topological polar surface area (TPSA) is 72.7 Å². The largest absolute Gasteiger partial charge is 0.348 e. The Kier molecular flexibility index (Phi) is 4.13. The second-order valence-corrected chi connectivity index (χ2v) is 5.59. The summed E-state index contributed by atoms with van der Waals surface area (Å²) in [6.45, 7) is 0. The van der Waals surface area contributed by atoms with E-state index in [4.69, 9.17) is 0 Å². The molecule has 2 heterocycles. The highest BCUT2D eigenvalue weighted by atomic mass is 19.1. The predicted octanol–water partition coefficient (Wildman–Crippen LogP) is 2.08. The fourth-order valence-corrected chi connectivity index (χ4v) is 2.72. The Morgan fingerprint density at radius 3 is 2.77 bits per heavy atom. The minimum atomic E-state index is -0.709. The molecule has 0 bridgehead atoms. The first-order valence-electron chi connectivity index (χ1n) is 7.45. The summed E-state index contributed by atoms with van der Waals surface area (Å²) in [5.41, 5.74) is 0.420. The molecule has 0 saturated heterocycles. The molecule has 1 aliphatic carbocycles. The molecule has 1 saturated carbocycles. The van der Waals surface area contributed by atoms with Crippen LogP contribution in [0.4, 0.5) is 4.39 Å². The van der Waals surface area contributed by atoms with Gasteiger partial charge in [-0.05, 0) is 12.8 Å². The van der Waals surface area contributed by atoms with Gasteiger partial charge in [0, 0.05) is 13.1 Å². The number of aromatic nitrogens is 4. The number of amides is 1. The number of nitrogens with one attached hydrogen (secondary N) is 1. The van der Waals surface area contributed by atoms with Crippen LogP contribution in [0.5, 0.6) is 0 Å². The minimum absolute atomic E-state index is 0.107. The number of hydrogen-bond acceptors (Lipinski definition) is 4. The fourth-order valence-electron chi connectivity index (χ4n) is 2.72. The third kappa shape index (κ3) is 2.98.